The van der Waals surface area contributed by atoms with Crippen molar-refractivity contribution in [2.75, 3.05) is 0 Å². The van der Waals surface area contributed by atoms with Crippen LogP contribution in [-0.4, -0.2) is 173 Å². The van der Waals surface area contributed by atoms with Crippen molar-refractivity contribution in [2.45, 2.75) is 0 Å². The molecule has 0 aliphatic rings. The van der Waals surface area contributed by atoms with Crippen LogP contribution in [-0.2, 0) is 67.2 Å². The number of hydrogen-bond acceptors (Lipinski definition) is 2. The van der Waals surface area contributed by atoms with Gasteiger partial charge in [-0.25, -0.2) is 0 Å². The van der Waals surface area contributed by atoms with Crippen LogP contribution in [0.4, 0.5) is 0 Å². The first kappa shape index (κ1) is 44.2. The topological polar surface area (TPSA) is 34.1 Å². The monoisotopic (exact) mass is 724 g/mol. The van der Waals surface area contributed by atoms with Crippen LogP contribution < -0.4 is 0 Å². The SMILES string of the molecule is [Ba+2].[Ba+2].[Ca+2].[Ca+2].[H-].[H-].[H-].[H-].[H-].[H-].[H-].[H-].[Hg].[O]=[Cu].[O]=[Cu]. The molecule has 0 heterocycles. The molecule has 0 aliphatic heterocycles. The van der Waals surface area contributed by atoms with E-state index in [-0.39, 0.29) is 212 Å². The fraction of sp³-hybridized carbons (Fsp3) is 0. The van der Waals surface area contributed by atoms with Gasteiger partial charge >= 0.3 is 213 Å². The van der Waals surface area contributed by atoms with Crippen molar-refractivity contribution in [1.29, 1.82) is 0 Å². The van der Waals surface area contributed by atoms with Crippen LogP contribution in [0.5, 0.6) is 0 Å². The molecule has 0 aliphatic carbocycles. The number of rotatable bonds is 0. The molecule has 0 aromatic carbocycles. The third-order valence-corrected chi connectivity index (χ3v) is 0. The van der Waals surface area contributed by atoms with Gasteiger partial charge in [0.15, 0.2) is 0 Å². The molecule has 0 unspecified atom stereocenters. The summed E-state index contributed by atoms with van der Waals surface area (Å²) in [5.74, 6) is 0. The van der Waals surface area contributed by atoms with Crippen molar-refractivity contribution in [3.63, 3.8) is 0 Å². The summed E-state index contributed by atoms with van der Waals surface area (Å²) < 4.78 is 15.6. The predicted octanol–water partition coefficient (Wildman–Crippen LogP) is -0.868. The van der Waals surface area contributed by atoms with E-state index in [2.05, 4.69) is 31.9 Å². The van der Waals surface area contributed by atoms with Crippen LogP contribution in [0, 0.1) is 0 Å². The van der Waals surface area contributed by atoms with E-state index in [1.165, 1.54) is 0 Å². The Morgan fingerprint density at radius 2 is 0.778 bits per heavy atom. The molecule has 0 radical (unpaired) electrons. The molecule has 0 aromatic rings. The van der Waals surface area contributed by atoms with Gasteiger partial charge in [-0.3, -0.25) is 0 Å². The van der Waals surface area contributed by atoms with E-state index >= 15 is 0 Å². The fourth-order valence-corrected chi connectivity index (χ4v) is 0. The normalized spacial score (nSPS) is 1.33. The van der Waals surface area contributed by atoms with Gasteiger partial charge in [0.1, 0.15) is 0 Å². The van der Waals surface area contributed by atoms with Crippen LogP contribution in [0.15, 0.2) is 0 Å². The minimum absolute atomic E-state index is 0. The molecular weight excluding hydrogens is 714 g/mol. The summed E-state index contributed by atoms with van der Waals surface area (Å²) in [7, 11) is 0. The zero-order chi connectivity index (χ0) is 4.00. The molecule has 0 saturated carbocycles. The second-order valence-electron chi connectivity index (χ2n) is 0. The maximum absolute atomic E-state index is 7.81. The van der Waals surface area contributed by atoms with E-state index in [1.54, 1.807) is 0 Å². The van der Waals surface area contributed by atoms with Crippen molar-refractivity contribution >= 4 is 173 Å². The van der Waals surface area contributed by atoms with Crippen molar-refractivity contribution in [2.24, 2.45) is 0 Å². The van der Waals surface area contributed by atoms with Crippen LogP contribution >= 0.6 is 0 Å². The van der Waals surface area contributed by atoms with E-state index < -0.39 is 0 Å². The van der Waals surface area contributed by atoms with Crippen molar-refractivity contribution in [3.8, 4) is 0 Å². The summed E-state index contributed by atoms with van der Waals surface area (Å²) in [4.78, 5) is 0. The molecule has 0 amide bonds. The minimum atomic E-state index is 0. The Kier molecular flexibility index (Phi) is 289. The quantitative estimate of drug-likeness (QED) is 0.306. The van der Waals surface area contributed by atoms with Gasteiger partial charge in [0.05, 0.1) is 0 Å². The average molecular weight is 723 g/mol. The van der Waals surface area contributed by atoms with E-state index in [9.17, 15) is 0 Å². The zero-order valence-corrected chi connectivity index (χ0v) is 25.6. The Hall–Kier alpha value is 7.24. The Morgan fingerprint density at radius 3 is 0.778 bits per heavy atom. The predicted molar refractivity (Wildman–Crippen MR) is 33.3 cm³/mol. The Labute approximate surface area is 244 Å². The van der Waals surface area contributed by atoms with Gasteiger partial charge in [-0.15, -0.1) is 0 Å². The van der Waals surface area contributed by atoms with Crippen LogP contribution in [0.25, 0.3) is 0 Å². The second kappa shape index (κ2) is 59.0. The van der Waals surface area contributed by atoms with Crippen molar-refractivity contribution in [1.82, 2.24) is 0 Å². The summed E-state index contributed by atoms with van der Waals surface area (Å²) in [6.07, 6.45) is 0. The molecule has 0 fully saturated rings. The molecule has 0 aromatic heterocycles. The molecule has 52 valence electrons. The summed E-state index contributed by atoms with van der Waals surface area (Å²) in [6.45, 7) is 0. The summed E-state index contributed by atoms with van der Waals surface area (Å²) >= 11 is 5.88. The Balaban J connectivity index is -0.000000000205. The molecule has 0 bridgehead atoms. The molecule has 9 heteroatoms. The van der Waals surface area contributed by atoms with Gasteiger partial charge in [0.2, 0.25) is 0 Å². The van der Waals surface area contributed by atoms with E-state index in [0.29, 0.717) is 0 Å². The fourth-order valence-electron chi connectivity index (χ4n) is 0. The Bertz CT molecular complexity index is 39.5. The number of hydrogen-bond donors (Lipinski definition) is 0. The summed E-state index contributed by atoms with van der Waals surface area (Å²) in [6, 6.07) is 0. The van der Waals surface area contributed by atoms with E-state index in [1.807, 2.05) is 0 Å². The van der Waals surface area contributed by atoms with E-state index in [0.717, 1.165) is 0 Å². The third kappa shape index (κ3) is 51.0. The first-order valence-electron chi connectivity index (χ1n) is 0.246. The third-order valence-electron chi connectivity index (χ3n) is 0. The molecule has 0 spiro atoms. The molecule has 2 nitrogen and oxygen atoms in total. The molecule has 0 atom stereocenters. The van der Waals surface area contributed by atoms with Gasteiger partial charge in [-0.1, -0.05) is 0 Å². The molecule has 0 rings (SSSR count). The second-order valence-corrected chi connectivity index (χ2v) is 0. The van der Waals surface area contributed by atoms with E-state index in [4.69, 9.17) is 7.67 Å². The first-order valence-corrected chi connectivity index (χ1v) is 1.02. The standard InChI is InChI=1S/2Ba.2Ca.2Cu.Hg.2O.8H/q4*+2;;;;;;8*-1. The molecule has 9 heavy (non-hydrogen) atoms. The van der Waals surface area contributed by atoms with Crippen molar-refractivity contribution < 1.29 is 78.6 Å². The van der Waals surface area contributed by atoms with Crippen molar-refractivity contribution in [3.05, 3.63) is 0 Å². The van der Waals surface area contributed by atoms with Gasteiger partial charge in [0.25, 0.3) is 0 Å². The van der Waals surface area contributed by atoms with Gasteiger partial charge < -0.3 is 11.4 Å². The van der Waals surface area contributed by atoms with Crippen LogP contribution in [0.3, 0.4) is 0 Å². The average Bonchev–Trinajstić information content (AvgIpc) is 1.50. The van der Waals surface area contributed by atoms with Gasteiger partial charge in [0, 0.05) is 27.7 Å². The molecular formula is H8Ba2Ca2Cu2HgO2. The maximum atomic E-state index is 7.81. The zero-order valence-electron chi connectivity index (χ0n) is 13.0. The molecule has 0 saturated heterocycles. The Morgan fingerprint density at radius 1 is 0.778 bits per heavy atom. The van der Waals surface area contributed by atoms with Crippen LogP contribution in [0.2, 0.25) is 0 Å². The summed E-state index contributed by atoms with van der Waals surface area (Å²) in [5, 5.41) is 0. The van der Waals surface area contributed by atoms with Crippen LogP contribution in [0.1, 0.15) is 11.4 Å². The summed E-state index contributed by atoms with van der Waals surface area (Å²) in [5.41, 5.74) is 0. The van der Waals surface area contributed by atoms with Gasteiger partial charge in [-0.05, 0) is 0 Å². The van der Waals surface area contributed by atoms with Gasteiger partial charge in [-0.2, -0.15) is 0 Å². The first-order chi connectivity index (χ1) is 2.00. The molecule has 0 N–H and O–H groups in total.